The van der Waals surface area contributed by atoms with Crippen LogP contribution in [0.3, 0.4) is 0 Å². The fourth-order valence-electron chi connectivity index (χ4n) is 4.31. The van der Waals surface area contributed by atoms with Crippen LogP contribution in [-0.4, -0.2) is 21.9 Å². The van der Waals surface area contributed by atoms with E-state index < -0.39 is 17.7 Å². The maximum atomic E-state index is 13.0. The van der Waals surface area contributed by atoms with Gasteiger partial charge in [0.05, 0.1) is 5.69 Å². The Hall–Kier alpha value is -4.10. The van der Waals surface area contributed by atoms with Crippen LogP contribution in [0.15, 0.2) is 83.2 Å². The van der Waals surface area contributed by atoms with Crippen molar-refractivity contribution in [1.82, 2.24) is 0 Å². The number of carbonyl (C=O) groups excluding carboxylic acids is 2. The number of nitrogens with zero attached hydrogens (tertiary/aromatic N) is 2. The minimum absolute atomic E-state index is 0.246. The molecule has 0 radical (unpaired) electrons. The zero-order chi connectivity index (χ0) is 24.7. The third kappa shape index (κ3) is 4.38. The molecule has 5 rings (SSSR count). The van der Waals surface area contributed by atoms with Gasteiger partial charge in [-0.15, -0.1) is 0 Å². The second-order valence-electron chi connectivity index (χ2n) is 9.36. The molecule has 0 fully saturated rings. The third-order valence-corrected chi connectivity index (χ3v) is 5.99. The summed E-state index contributed by atoms with van der Waals surface area (Å²) in [5.41, 5.74) is -0.529. The van der Waals surface area contributed by atoms with Gasteiger partial charge in [-0.25, -0.2) is 9.59 Å². The monoisotopic (exact) mass is 482 g/mol. The maximum Gasteiger partial charge on any atom is 0.423 e. The number of imide groups is 1. The summed E-state index contributed by atoms with van der Waals surface area (Å²) in [4.78, 5) is 26.5. The van der Waals surface area contributed by atoms with Gasteiger partial charge in [-0.1, -0.05) is 40.8 Å². The fourth-order valence-corrected chi connectivity index (χ4v) is 4.45. The van der Waals surface area contributed by atoms with Crippen LogP contribution in [0.25, 0.3) is 43.1 Å². The Labute approximate surface area is 205 Å². The van der Waals surface area contributed by atoms with Gasteiger partial charge in [0.1, 0.15) is 5.60 Å². The van der Waals surface area contributed by atoms with Gasteiger partial charge >= 0.3 is 12.1 Å². The molecule has 0 saturated heterocycles. The van der Waals surface area contributed by atoms with Gasteiger partial charge in [-0.3, -0.25) is 0 Å². The van der Waals surface area contributed by atoms with Gasteiger partial charge in [0.15, 0.2) is 0 Å². The van der Waals surface area contributed by atoms with E-state index in [9.17, 15) is 13.8 Å². The SMILES string of the molecule is CC(C)(C)OC(=O)N(C(=O)N=S=O)c1cccc2cc3cc4cc5ccccc5cc4cc3cc12. The van der Waals surface area contributed by atoms with Crippen LogP contribution in [0.2, 0.25) is 0 Å². The second kappa shape index (κ2) is 8.60. The molecule has 0 aliphatic rings. The van der Waals surface area contributed by atoms with Crippen LogP contribution < -0.4 is 4.90 Å². The molecular weight excluding hydrogens is 460 g/mol. The molecule has 3 amide bonds. The summed E-state index contributed by atoms with van der Waals surface area (Å²) in [7, 11) is 0. The lowest BCUT2D eigenvalue weighted by atomic mass is 9.97. The van der Waals surface area contributed by atoms with Crippen LogP contribution in [0.1, 0.15) is 20.8 Å². The normalized spacial score (nSPS) is 11.6. The Balaban J connectivity index is 1.73. The standard InChI is InChI=1S/C28H22N2O4S/c1-28(2,3)34-27(32)30(26(31)29-35-33)25-10-6-9-19-13-22-14-20-11-17-7-4-5-8-18(17)12-21(20)15-23(22)16-24(19)25/h4-16H,1-3H3. The van der Waals surface area contributed by atoms with Crippen LogP contribution in [0.5, 0.6) is 0 Å². The summed E-state index contributed by atoms with van der Waals surface area (Å²) < 4.78 is 19.8. The van der Waals surface area contributed by atoms with Gasteiger partial charge in [-0.05, 0) is 101 Å². The number of urea groups is 1. The van der Waals surface area contributed by atoms with E-state index in [1.165, 1.54) is 5.39 Å². The number of carbonyl (C=O) groups is 2. The van der Waals surface area contributed by atoms with Crippen LogP contribution in [0, 0.1) is 0 Å². The number of benzene rings is 5. The molecule has 0 saturated carbocycles. The number of ether oxygens (including phenoxy) is 1. The average Bonchev–Trinajstić information content (AvgIpc) is 2.79. The van der Waals surface area contributed by atoms with Crippen molar-refractivity contribution in [3.05, 3.63) is 78.9 Å². The average molecular weight is 483 g/mol. The topological polar surface area (TPSA) is 76.0 Å². The number of hydrogen-bond acceptors (Lipinski definition) is 4. The molecule has 0 unspecified atom stereocenters. The molecule has 7 heteroatoms. The highest BCUT2D eigenvalue weighted by atomic mass is 32.1. The van der Waals surface area contributed by atoms with E-state index in [0.717, 1.165) is 37.2 Å². The molecule has 5 aromatic carbocycles. The van der Waals surface area contributed by atoms with Crippen LogP contribution in [0.4, 0.5) is 15.3 Å². The number of anilines is 1. The molecule has 0 aromatic heterocycles. The summed E-state index contributed by atoms with van der Waals surface area (Å²) in [6.45, 7) is 5.12. The quantitative estimate of drug-likeness (QED) is 0.231. The van der Waals surface area contributed by atoms with E-state index in [1.807, 2.05) is 30.3 Å². The molecule has 0 spiro atoms. The largest absolute Gasteiger partial charge is 0.443 e. The van der Waals surface area contributed by atoms with Crippen molar-refractivity contribution in [3.8, 4) is 0 Å². The Morgan fingerprint density at radius 2 is 1.26 bits per heavy atom. The lowest BCUT2D eigenvalue weighted by Gasteiger charge is -2.25. The van der Waals surface area contributed by atoms with E-state index in [2.05, 4.69) is 40.8 Å². The molecule has 6 nitrogen and oxygen atoms in total. The highest BCUT2D eigenvalue weighted by Gasteiger charge is 2.30. The fraction of sp³-hybridized carbons (Fsp3) is 0.143. The van der Waals surface area contributed by atoms with Gasteiger partial charge in [-0.2, -0.15) is 9.11 Å². The van der Waals surface area contributed by atoms with Crippen molar-refractivity contribution >= 4 is 72.4 Å². The maximum absolute atomic E-state index is 13.0. The molecule has 174 valence electrons. The molecule has 0 atom stereocenters. The first-order valence-electron chi connectivity index (χ1n) is 11.1. The smallest absolute Gasteiger partial charge is 0.423 e. The second-order valence-corrected chi connectivity index (χ2v) is 9.69. The Kier molecular flexibility index (Phi) is 5.57. The van der Waals surface area contributed by atoms with Crippen LogP contribution in [-0.2, 0) is 16.2 Å². The molecule has 35 heavy (non-hydrogen) atoms. The molecule has 0 heterocycles. The van der Waals surface area contributed by atoms with Crippen molar-refractivity contribution in [1.29, 1.82) is 0 Å². The Bertz CT molecular complexity index is 1720. The summed E-state index contributed by atoms with van der Waals surface area (Å²) in [6, 6.07) is 25.1. The summed E-state index contributed by atoms with van der Waals surface area (Å²) in [5.74, 6) is 0. The van der Waals surface area contributed by atoms with Crippen molar-refractivity contribution < 1.29 is 18.5 Å². The Morgan fingerprint density at radius 1 is 0.743 bits per heavy atom. The van der Waals surface area contributed by atoms with E-state index in [1.54, 1.807) is 32.9 Å². The first-order chi connectivity index (χ1) is 16.7. The Morgan fingerprint density at radius 3 is 1.83 bits per heavy atom. The number of rotatable bonds is 1. The van der Waals surface area contributed by atoms with E-state index in [0.29, 0.717) is 11.1 Å². The predicted octanol–water partition coefficient (Wildman–Crippen LogP) is 7.56. The zero-order valence-electron chi connectivity index (χ0n) is 19.4. The minimum atomic E-state index is -0.989. The third-order valence-electron chi connectivity index (χ3n) is 5.76. The summed E-state index contributed by atoms with van der Waals surface area (Å²) in [5, 5.41) is 8.05. The zero-order valence-corrected chi connectivity index (χ0v) is 20.3. The molecule has 0 aliphatic heterocycles. The molecule has 0 aliphatic carbocycles. The lowest BCUT2D eigenvalue weighted by Crippen LogP contribution is -2.39. The van der Waals surface area contributed by atoms with Crippen molar-refractivity contribution in [3.63, 3.8) is 0 Å². The first kappa shape index (κ1) is 22.7. The summed E-state index contributed by atoms with van der Waals surface area (Å²) in [6.07, 6.45) is -0.891. The van der Waals surface area contributed by atoms with Gasteiger partial charge < -0.3 is 4.74 Å². The van der Waals surface area contributed by atoms with E-state index in [4.69, 9.17) is 4.74 Å². The number of hydrogen-bond donors (Lipinski definition) is 0. The lowest BCUT2D eigenvalue weighted by molar-refractivity contribution is 0.0595. The molecular formula is C28H22N2O4S. The number of amides is 3. The first-order valence-corrected chi connectivity index (χ1v) is 11.8. The predicted molar refractivity (Wildman–Crippen MR) is 141 cm³/mol. The van der Waals surface area contributed by atoms with Crippen molar-refractivity contribution in [2.45, 2.75) is 26.4 Å². The number of fused-ring (bicyclic) bond motifs is 4. The summed E-state index contributed by atoms with van der Waals surface area (Å²) >= 11 is -0.246. The van der Waals surface area contributed by atoms with E-state index in [-0.39, 0.29) is 11.5 Å². The highest BCUT2D eigenvalue weighted by molar-refractivity contribution is 7.55. The van der Waals surface area contributed by atoms with Gasteiger partial charge in [0.25, 0.3) is 0 Å². The highest BCUT2D eigenvalue weighted by Crippen LogP contribution is 2.34. The minimum Gasteiger partial charge on any atom is -0.443 e. The molecule has 0 N–H and O–H groups in total. The molecule has 0 bridgehead atoms. The van der Waals surface area contributed by atoms with Gasteiger partial charge in [0.2, 0.25) is 11.5 Å². The molecule has 5 aromatic rings. The van der Waals surface area contributed by atoms with Crippen LogP contribution >= 0.6 is 0 Å². The van der Waals surface area contributed by atoms with Crippen molar-refractivity contribution in [2.24, 2.45) is 4.36 Å². The van der Waals surface area contributed by atoms with E-state index >= 15 is 0 Å². The van der Waals surface area contributed by atoms with Gasteiger partial charge in [0, 0.05) is 5.39 Å². The van der Waals surface area contributed by atoms with Crippen molar-refractivity contribution in [2.75, 3.05) is 4.90 Å².